The summed E-state index contributed by atoms with van der Waals surface area (Å²) in [6, 6.07) is 0. The minimum absolute atomic E-state index is 0.0103. The topological polar surface area (TPSA) is 150 Å². The molecular weight excluding hydrogens is 463 g/mol. The summed E-state index contributed by atoms with van der Waals surface area (Å²) >= 11 is 0. The van der Waals surface area contributed by atoms with Gasteiger partial charge in [-0.05, 0) is 20.3 Å². The van der Waals surface area contributed by atoms with E-state index in [4.69, 9.17) is 32.7 Å². The lowest BCUT2D eigenvalue weighted by Gasteiger charge is -2.44. The van der Waals surface area contributed by atoms with Gasteiger partial charge in [0.2, 0.25) is 0 Å². The predicted molar refractivity (Wildman–Crippen MR) is 112 cm³/mol. The molecule has 0 spiro atoms. The zero-order valence-corrected chi connectivity index (χ0v) is 20.7. The average molecular weight is 496 g/mol. The first kappa shape index (κ1) is 29.0. The molecule has 1 saturated heterocycles. The molecule has 0 bridgehead atoms. The van der Waals surface area contributed by atoms with E-state index in [1.165, 1.54) is 6.92 Å². The Hall–Kier alpha value is -2.01. The normalized spacial score (nSPS) is 25.1. The smallest absolute Gasteiger partial charge is 0.330 e. The van der Waals surface area contributed by atoms with Crippen LogP contribution < -0.4 is 0 Å². The van der Waals surface area contributed by atoms with Crippen molar-refractivity contribution in [1.82, 2.24) is 0 Å². The molecule has 190 valence electrons. The molecule has 1 aliphatic heterocycles. The van der Waals surface area contributed by atoms with Crippen molar-refractivity contribution in [3.63, 3.8) is 0 Å². The van der Waals surface area contributed by atoms with Crippen LogP contribution in [0.3, 0.4) is 0 Å². The van der Waals surface area contributed by atoms with Crippen molar-refractivity contribution in [2.75, 3.05) is 26.0 Å². The summed E-state index contributed by atoms with van der Waals surface area (Å²) < 4.78 is 50.6. The molecule has 0 N–H and O–H groups in total. The summed E-state index contributed by atoms with van der Waals surface area (Å²) in [5.74, 6) is -2.76. The fourth-order valence-electron chi connectivity index (χ4n) is 3.40. The SMILES string of the molecule is CCOP(=O)(CC[C@@H]1O[C@H](COC(C)=O)[C@@H](OC(C)=O)[C@H](OC(C)=O)[C@H]1OC(C)=O)OCC. The van der Waals surface area contributed by atoms with Gasteiger partial charge < -0.3 is 32.7 Å². The molecule has 1 heterocycles. The second kappa shape index (κ2) is 13.6. The van der Waals surface area contributed by atoms with Crippen molar-refractivity contribution >= 4 is 31.5 Å². The fraction of sp³-hybridized carbons (Fsp3) is 0.800. The van der Waals surface area contributed by atoms with Gasteiger partial charge in [-0.1, -0.05) is 0 Å². The summed E-state index contributed by atoms with van der Waals surface area (Å²) in [6.45, 7) is 7.92. The van der Waals surface area contributed by atoms with Crippen molar-refractivity contribution in [3.8, 4) is 0 Å². The predicted octanol–water partition coefficient (Wildman–Crippen LogP) is 1.77. The Bertz CT molecular complexity index is 729. The maximum atomic E-state index is 12.9. The zero-order valence-electron chi connectivity index (χ0n) is 19.8. The van der Waals surface area contributed by atoms with Gasteiger partial charge in [0.1, 0.15) is 12.7 Å². The molecule has 0 radical (unpaired) electrons. The Balaban J connectivity index is 3.32. The molecule has 33 heavy (non-hydrogen) atoms. The minimum atomic E-state index is -3.48. The van der Waals surface area contributed by atoms with Crippen LogP contribution in [0.5, 0.6) is 0 Å². The third kappa shape index (κ3) is 9.79. The summed E-state index contributed by atoms with van der Waals surface area (Å²) in [4.78, 5) is 46.7. The Kier molecular flexibility index (Phi) is 12.0. The molecule has 0 aromatic heterocycles. The van der Waals surface area contributed by atoms with Gasteiger partial charge >= 0.3 is 31.5 Å². The highest BCUT2D eigenvalue weighted by Crippen LogP contribution is 2.49. The molecule has 0 aromatic carbocycles. The molecule has 0 unspecified atom stereocenters. The van der Waals surface area contributed by atoms with E-state index in [2.05, 4.69) is 0 Å². The second-order valence-corrected chi connectivity index (χ2v) is 9.38. The third-order valence-corrected chi connectivity index (χ3v) is 6.54. The van der Waals surface area contributed by atoms with Crippen molar-refractivity contribution < 1.29 is 56.5 Å². The summed E-state index contributed by atoms with van der Waals surface area (Å²) in [6.07, 6.45) is -5.83. The lowest BCUT2D eigenvalue weighted by atomic mass is 9.93. The standard InChI is InChI=1S/C20H33O12P/c1-7-27-33(25,28-8-2)10-9-16-18(29-13(4)22)20(31-15(6)24)19(30-14(5)23)17(32-16)11-26-12(3)21/h16-20H,7-11H2,1-6H3/t16-,17+,18-,19+,20+/m0/s1. The number of carbonyl (C=O) groups excluding carboxylic acids is 4. The highest BCUT2D eigenvalue weighted by atomic mass is 31.2. The quantitative estimate of drug-likeness (QED) is 0.220. The lowest BCUT2D eigenvalue weighted by molar-refractivity contribution is -0.252. The van der Waals surface area contributed by atoms with Gasteiger partial charge in [0, 0.05) is 27.7 Å². The number of rotatable bonds is 12. The van der Waals surface area contributed by atoms with E-state index in [1.807, 2.05) is 0 Å². The van der Waals surface area contributed by atoms with Gasteiger partial charge in [0.05, 0.1) is 25.5 Å². The van der Waals surface area contributed by atoms with E-state index in [-0.39, 0.29) is 32.4 Å². The van der Waals surface area contributed by atoms with Crippen LogP contribution in [0.2, 0.25) is 0 Å². The summed E-state index contributed by atoms with van der Waals surface area (Å²) in [5.41, 5.74) is 0. The first-order chi connectivity index (χ1) is 15.4. The van der Waals surface area contributed by atoms with Crippen LogP contribution >= 0.6 is 7.60 Å². The van der Waals surface area contributed by atoms with Gasteiger partial charge in [-0.3, -0.25) is 23.7 Å². The number of ether oxygens (including phenoxy) is 5. The van der Waals surface area contributed by atoms with Crippen molar-refractivity contribution in [1.29, 1.82) is 0 Å². The molecule has 1 fully saturated rings. The van der Waals surface area contributed by atoms with Crippen LogP contribution in [0.15, 0.2) is 0 Å². The highest BCUT2D eigenvalue weighted by molar-refractivity contribution is 7.53. The Labute approximate surface area is 193 Å². The lowest BCUT2D eigenvalue weighted by Crippen LogP contribution is -2.62. The molecule has 13 heteroatoms. The zero-order chi connectivity index (χ0) is 25.2. The first-order valence-electron chi connectivity index (χ1n) is 10.6. The average Bonchev–Trinajstić information content (AvgIpc) is 2.68. The molecule has 5 atom stereocenters. The van der Waals surface area contributed by atoms with E-state index in [9.17, 15) is 23.7 Å². The second-order valence-electron chi connectivity index (χ2n) is 7.20. The van der Waals surface area contributed by atoms with Crippen molar-refractivity contribution in [3.05, 3.63) is 0 Å². The summed E-state index contributed by atoms with van der Waals surface area (Å²) in [7, 11) is -3.48. The van der Waals surface area contributed by atoms with E-state index in [1.54, 1.807) is 13.8 Å². The van der Waals surface area contributed by atoms with Gasteiger partial charge in [0.15, 0.2) is 18.3 Å². The number of hydrogen-bond donors (Lipinski definition) is 0. The van der Waals surface area contributed by atoms with Crippen LogP contribution in [0.4, 0.5) is 0 Å². The molecule has 0 saturated carbocycles. The van der Waals surface area contributed by atoms with Crippen LogP contribution in [0, 0.1) is 0 Å². The molecule has 0 aromatic rings. The fourth-order valence-corrected chi connectivity index (χ4v) is 5.09. The van der Waals surface area contributed by atoms with Crippen LogP contribution in [-0.2, 0) is 56.5 Å². The van der Waals surface area contributed by atoms with Crippen LogP contribution in [0.1, 0.15) is 48.0 Å². The van der Waals surface area contributed by atoms with Gasteiger partial charge in [-0.2, -0.15) is 0 Å². The maximum Gasteiger partial charge on any atom is 0.330 e. The summed E-state index contributed by atoms with van der Waals surface area (Å²) in [5, 5.41) is 0. The molecule has 12 nitrogen and oxygen atoms in total. The van der Waals surface area contributed by atoms with Crippen molar-refractivity contribution in [2.45, 2.75) is 78.5 Å². The first-order valence-corrected chi connectivity index (χ1v) is 12.3. The van der Waals surface area contributed by atoms with E-state index >= 15 is 0 Å². The molecule has 0 aliphatic carbocycles. The van der Waals surface area contributed by atoms with Gasteiger partial charge in [-0.25, -0.2) is 0 Å². The molecule has 1 aliphatic rings. The van der Waals surface area contributed by atoms with E-state index in [0.717, 1.165) is 20.8 Å². The maximum absolute atomic E-state index is 12.9. The minimum Gasteiger partial charge on any atom is -0.463 e. The van der Waals surface area contributed by atoms with Gasteiger partial charge in [-0.15, -0.1) is 0 Å². The van der Waals surface area contributed by atoms with Crippen molar-refractivity contribution in [2.24, 2.45) is 0 Å². The Morgan fingerprint density at radius 1 is 0.727 bits per heavy atom. The van der Waals surface area contributed by atoms with Crippen LogP contribution in [0.25, 0.3) is 0 Å². The number of carbonyl (C=O) groups is 4. The van der Waals surface area contributed by atoms with Gasteiger partial charge in [0.25, 0.3) is 0 Å². The Morgan fingerprint density at radius 2 is 1.18 bits per heavy atom. The van der Waals surface area contributed by atoms with Crippen LogP contribution in [-0.4, -0.2) is 80.4 Å². The number of hydrogen-bond acceptors (Lipinski definition) is 12. The molecule has 1 rings (SSSR count). The number of esters is 4. The van der Waals surface area contributed by atoms with E-state index in [0.29, 0.717) is 0 Å². The van der Waals surface area contributed by atoms with E-state index < -0.39 is 62.0 Å². The largest absolute Gasteiger partial charge is 0.463 e. The molecule has 0 amide bonds. The Morgan fingerprint density at radius 3 is 1.61 bits per heavy atom. The molecular formula is C20H33O12P. The monoisotopic (exact) mass is 496 g/mol. The highest BCUT2D eigenvalue weighted by Gasteiger charge is 2.52. The third-order valence-electron chi connectivity index (χ3n) is 4.43.